The Morgan fingerprint density at radius 1 is 1.28 bits per heavy atom. The van der Waals surface area contributed by atoms with Crippen LogP contribution in [0.15, 0.2) is 30.3 Å². The van der Waals surface area contributed by atoms with Crippen molar-refractivity contribution in [1.82, 2.24) is 4.90 Å². The standard InChI is InChI=1S/C27H30F2N2O5/c28-25(29)18-8-22(32)24(23(9-18)35-15-27-10-16(11-27)13-36-27)26(33)31-6-4-17-2-1-3-21(20(17)12-31)30-19-5-7-34-14-19/h1-3,8-9,16,19,25,30,32H,4-7,10-15H2/t16?,19-,27?/m0/s1. The number of nitrogens with zero attached hydrogens (tertiary/aromatic N) is 1. The molecule has 2 N–H and O–H groups in total. The Balaban J connectivity index is 1.26. The van der Waals surface area contributed by atoms with Crippen LogP contribution in [-0.4, -0.2) is 60.5 Å². The number of phenolic OH excluding ortho intramolecular Hbond substituents is 1. The predicted molar refractivity (Wildman–Crippen MR) is 128 cm³/mol. The molecule has 3 saturated heterocycles. The smallest absolute Gasteiger partial charge is 0.264 e. The number of fused-ring (bicyclic) bond motifs is 2. The molecule has 4 heterocycles. The molecule has 5 aliphatic rings. The molecule has 9 heteroatoms. The summed E-state index contributed by atoms with van der Waals surface area (Å²) in [6.45, 7) is 3.00. The molecule has 7 nitrogen and oxygen atoms in total. The quantitative estimate of drug-likeness (QED) is 0.591. The van der Waals surface area contributed by atoms with Gasteiger partial charge in [-0.1, -0.05) is 12.1 Å². The van der Waals surface area contributed by atoms with Crippen LogP contribution in [-0.2, 0) is 22.4 Å². The van der Waals surface area contributed by atoms with E-state index in [0.717, 1.165) is 48.8 Å². The number of rotatable bonds is 7. The van der Waals surface area contributed by atoms with Crippen LogP contribution >= 0.6 is 0 Å². The number of amides is 1. The number of alkyl halides is 2. The first-order valence-corrected chi connectivity index (χ1v) is 12.6. The van der Waals surface area contributed by atoms with E-state index in [0.29, 0.717) is 38.6 Å². The van der Waals surface area contributed by atoms with E-state index in [1.807, 2.05) is 12.1 Å². The van der Waals surface area contributed by atoms with E-state index in [1.54, 1.807) is 4.90 Å². The molecular formula is C27H30F2N2O5. The van der Waals surface area contributed by atoms with E-state index in [4.69, 9.17) is 14.2 Å². The minimum Gasteiger partial charge on any atom is -0.507 e. The van der Waals surface area contributed by atoms with Gasteiger partial charge in [-0.05, 0) is 60.9 Å². The van der Waals surface area contributed by atoms with Crippen LogP contribution in [0.25, 0.3) is 0 Å². The second kappa shape index (κ2) is 9.19. The summed E-state index contributed by atoms with van der Waals surface area (Å²) in [5, 5.41) is 14.2. The van der Waals surface area contributed by atoms with Crippen molar-refractivity contribution in [3.05, 3.63) is 52.6 Å². The van der Waals surface area contributed by atoms with Crippen molar-refractivity contribution < 1.29 is 32.9 Å². The number of halogens is 2. The molecule has 1 aliphatic carbocycles. The molecule has 0 spiro atoms. The van der Waals surface area contributed by atoms with E-state index >= 15 is 0 Å². The van der Waals surface area contributed by atoms with Crippen molar-refractivity contribution in [3.63, 3.8) is 0 Å². The first-order valence-electron chi connectivity index (χ1n) is 12.6. The van der Waals surface area contributed by atoms with Gasteiger partial charge in [-0.25, -0.2) is 8.78 Å². The second-order valence-electron chi connectivity index (χ2n) is 10.4. The van der Waals surface area contributed by atoms with Crippen LogP contribution in [0.3, 0.4) is 0 Å². The maximum Gasteiger partial charge on any atom is 0.264 e. The molecule has 1 atom stereocenters. The lowest BCUT2D eigenvalue weighted by Gasteiger charge is -2.36. The first kappa shape index (κ1) is 23.5. The van der Waals surface area contributed by atoms with Crippen molar-refractivity contribution in [2.24, 2.45) is 5.92 Å². The third-order valence-corrected chi connectivity index (χ3v) is 7.86. The Bertz CT molecular complexity index is 1160. The number of hydrogen-bond donors (Lipinski definition) is 2. The number of benzene rings is 2. The fourth-order valence-electron chi connectivity index (χ4n) is 5.88. The summed E-state index contributed by atoms with van der Waals surface area (Å²) in [5.74, 6) is -0.444. The van der Waals surface area contributed by atoms with Gasteiger partial charge in [0.05, 0.1) is 19.3 Å². The SMILES string of the molecule is O=C(c1c(O)cc(C(F)F)cc1OCC12CC(CO1)C2)N1CCc2cccc(N[C@H]3CCOC3)c2C1. The molecule has 2 bridgehead atoms. The second-order valence-corrected chi connectivity index (χ2v) is 10.4. The van der Waals surface area contributed by atoms with Gasteiger partial charge in [0.25, 0.3) is 12.3 Å². The Labute approximate surface area is 208 Å². The highest BCUT2D eigenvalue weighted by atomic mass is 19.3. The maximum atomic E-state index is 13.7. The number of anilines is 1. The summed E-state index contributed by atoms with van der Waals surface area (Å²) in [4.78, 5) is 15.3. The van der Waals surface area contributed by atoms with E-state index in [-0.39, 0.29) is 29.5 Å². The Morgan fingerprint density at radius 2 is 2.14 bits per heavy atom. The number of nitrogens with one attached hydrogen (secondary N) is 1. The lowest BCUT2D eigenvalue weighted by molar-refractivity contribution is -0.0361. The molecule has 0 radical (unpaired) electrons. The van der Waals surface area contributed by atoms with Gasteiger partial charge in [-0.2, -0.15) is 0 Å². The monoisotopic (exact) mass is 500 g/mol. The summed E-state index contributed by atoms with van der Waals surface area (Å²) >= 11 is 0. The molecule has 2 aromatic carbocycles. The van der Waals surface area contributed by atoms with E-state index in [9.17, 15) is 18.7 Å². The Kier molecular flexibility index (Phi) is 6.00. The third kappa shape index (κ3) is 4.28. The minimum atomic E-state index is -2.80. The zero-order valence-electron chi connectivity index (χ0n) is 20.0. The van der Waals surface area contributed by atoms with Gasteiger partial charge < -0.3 is 29.5 Å². The summed E-state index contributed by atoms with van der Waals surface area (Å²) in [5.41, 5.74) is 2.26. The van der Waals surface area contributed by atoms with Crippen LogP contribution in [0.1, 0.15) is 52.7 Å². The molecule has 4 fully saturated rings. The van der Waals surface area contributed by atoms with Crippen LogP contribution in [0.2, 0.25) is 0 Å². The lowest BCUT2D eigenvalue weighted by atomic mass is 9.75. The van der Waals surface area contributed by atoms with Crippen molar-refractivity contribution in [2.75, 3.05) is 38.3 Å². The van der Waals surface area contributed by atoms with Gasteiger partial charge in [0.2, 0.25) is 0 Å². The van der Waals surface area contributed by atoms with Crippen LogP contribution in [0.5, 0.6) is 11.5 Å². The van der Waals surface area contributed by atoms with Gasteiger partial charge in [-0.3, -0.25) is 4.79 Å². The van der Waals surface area contributed by atoms with Crippen molar-refractivity contribution in [2.45, 2.75) is 50.3 Å². The average Bonchev–Trinajstić information content (AvgIpc) is 3.60. The highest BCUT2D eigenvalue weighted by Gasteiger charge is 2.52. The number of hydrogen-bond acceptors (Lipinski definition) is 6. The van der Waals surface area contributed by atoms with Crippen LogP contribution in [0, 0.1) is 5.92 Å². The fourth-order valence-corrected chi connectivity index (χ4v) is 5.88. The Hall–Kier alpha value is -2.91. The molecule has 36 heavy (non-hydrogen) atoms. The van der Waals surface area contributed by atoms with Crippen LogP contribution in [0.4, 0.5) is 14.5 Å². The molecule has 1 saturated carbocycles. The molecule has 4 aliphatic heterocycles. The molecule has 192 valence electrons. The largest absolute Gasteiger partial charge is 0.507 e. The number of ether oxygens (including phenoxy) is 3. The van der Waals surface area contributed by atoms with Gasteiger partial charge in [0.1, 0.15) is 29.3 Å². The molecule has 0 unspecified atom stereocenters. The van der Waals surface area contributed by atoms with Gasteiger partial charge in [-0.15, -0.1) is 0 Å². The average molecular weight is 501 g/mol. The summed E-state index contributed by atoms with van der Waals surface area (Å²) < 4.78 is 44.3. The maximum absolute atomic E-state index is 13.7. The summed E-state index contributed by atoms with van der Waals surface area (Å²) in [6, 6.07) is 8.41. The summed E-state index contributed by atoms with van der Waals surface area (Å²) in [6.07, 6.45) is 0.501. The first-order chi connectivity index (χ1) is 17.4. The Morgan fingerprint density at radius 3 is 2.86 bits per heavy atom. The molecular weight excluding hydrogens is 470 g/mol. The minimum absolute atomic E-state index is 0.0241. The zero-order valence-corrected chi connectivity index (χ0v) is 20.0. The lowest BCUT2D eigenvalue weighted by Crippen LogP contribution is -2.42. The van der Waals surface area contributed by atoms with Gasteiger partial charge in [0, 0.05) is 30.9 Å². The van der Waals surface area contributed by atoms with Crippen molar-refractivity contribution in [1.29, 1.82) is 0 Å². The zero-order chi connectivity index (χ0) is 24.9. The number of carbonyl (C=O) groups excluding carboxylic acids is 1. The predicted octanol–water partition coefficient (Wildman–Crippen LogP) is 4.29. The molecule has 1 amide bonds. The molecule has 7 rings (SSSR count). The van der Waals surface area contributed by atoms with Crippen LogP contribution < -0.4 is 10.1 Å². The third-order valence-electron chi connectivity index (χ3n) is 7.86. The molecule has 0 aromatic heterocycles. The van der Waals surface area contributed by atoms with E-state index in [2.05, 4.69) is 11.4 Å². The fraction of sp³-hybridized carbons (Fsp3) is 0.519. The van der Waals surface area contributed by atoms with E-state index in [1.165, 1.54) is 6.07 Å². The normalized spacial score (nSPS) is 26.6. The number of carbonyl (C=O) groups is 1. The number of phenols is 1. The van der Waals surface area contributed by atoms with E-state index < -0.39 is 23.7 Å². The molecule has 2 aromatic rings. The van der Waals surface area contributed by atoms with Crippen molar-refractivity contribution in [3.8, 4) is 11.5 Å². The van der Waals surface area contributed by atoms with Gasteiger partial charge >= 0.3 is 0 Å². The highest BCUT2D eigenvalue weighted by Crippen LogP contribution is 2.49. The number of aromatic hydroxyl groups is 1. The topological polar surface area (TPSA) is 80.3 Å². The summed E-state index contributed by atoms with van der Waals surface area (Å²) in [7, 11) is 0. The van der Waals surface area contributed by atoms with Gasteiger partial charge in [0.15, 0.2) is 0 Å². The van der Waals surface area contributed by atoms with Crippen molar-refractivity contribution >= 4 is 11.6 Å². The highest BCUT2D eigenvalue weighted by molar-refractivity contribution is 6.00.